The lowest BCUT2D eigenvalue weighted by molar-refractivity contribution is 0.378. The third-order valence-electron chi connectivity index (χ3n) is 5.40. The van der Waals surface area contributed by atoms with E-state index in [1.54, 1.807) is 7.11 Å². The van der Waals surface area contributed by atoms with Gasteiger partial charge in [-0.25, -0.2) is 0 Å². The molecule has 2 heterocycles. The first-order chi connectivity index (χ1) is 14.7. The van der Waals surface area contributed by atoms with Crippen LogP contribution in [0.5, 0.6) is 11.6 Å². The first kappa shape index (κ1) is 17.8. The molecule has 1 aliphatic rings. The molecule has 30 heavy (non-hydrogen) atoms. The van der Waals surface area contributed by atoms with Crippen molar-refractivity contribution in [3.8, 4) is 29.0 Å². The Morgan fingerprint density at radius 3 is 2.70 bits per heavy atom. The Labute approximate surface area is 173 Å². The predicted molar refractivity (Wildman–Crippen MR) is 114 cm³/mol. The second kappa shape index (κ2) is 6.98. The molecule has 6 nitrogen and oxygen atoms in total. The summed E-state index contributed by atoms with van der Waals surface area (Å²) in [6.07, 6.45) is 0. The Balaban J connectivity index is 1.73. The second-order valence-electron chi connectivity index (χ2n) is 7.08. The number of fused-ring (bicyclic) bond motifs is 2. The van der Waals surface area contributed by atoms with Gasteiger partial charge in [-0.2, -0.15) is 5.26 Å². The van der Waals surface area contributed by atoms with Crippen LogP contribution in [-0.2, 0) is 0 Å². The maximum absolute atomic E-state index is 9.86. The number of nitrogens with two attached hydrogens (primary N) is 1. The van der Waals surface area contributed by atoms with Gasteiger partial charge in [0.15, 0.2) is 0 Å². The van der Waals surface area contributed by atoms with Gasteiger partial charge in [0.2, 0.25) is 11.8 Å². The van der Waals surface area contributed by atoms with Gasteiger partial charge in [-0.15, -0.1) is 5.10 Å². The minimum atomic E-state index is -0.422. The normalized spacial score (nSPS) is 15.4. The molecular formula is C24H18N4O2. The summed E-state index contributed by atoms with van der Waals surface area (Å²) in [6, 6.07) is 24.2. The van der Waals surface area contributed by atoms with Crippen LogP contribution in [-0.4, -0.2) is 17.3 Å². The molecule has 3 aromatic carbocycles. The number of aromatic amines is 1. The zero-order valence-electron chi connectivity index (χ0n) is 16.2. The van der Waals surface area contributed by atoms with Crippen molar-refractivity contribution in [3.05, 3.63) is 89.3 Å². The zero-order valence-corrected chi connectivity index (χ0v) is 16.2. The SMILES string of the molecule is COc1cccc(C2C(C#N)=C(N)Oc3n[nH]c(-c4ccc5ccccc5c4)c32)c1. The number of benzene rings is 3. The summed E-state index contributed by atoms with van der Waals surface area (Å²) in [5, 5.41) is 19.6. The van der Waals surface area contributed by atoms with Crippen molar-refractivity contribution in [2.75, 3.05) is 7.11 Å². The van der Waals surface area contributed by atoms with Crippen molar-refractivity contribution in [1.29, 1.82) is 5.26 Å². The monoisotopic (exact) mass is 394 g/mol. The number of rotatable bonds is 3. The van der Waals surface area contributed by atoms with E-state index in [9.17, 15) is 5.26 Å². The smallest absolute Gasteiger partial charge is 0.244 e. The van der Waals surface area contributed by atoms with Gasteiger partial charge in [0.1, 0.15) is 17.4 Å². The Bertz CT molecular complexity index is 1350. The summed E-state index contributed by atoms with van der Waals surface area (Å²) >= 11 is 0. The lowest BCUT2D eigenvalue weighted by Crippen LogP contribution is -2.21. The lowest BCUT2D eigenvalue weighted by atomic mass is 9.83. The van der Waals surface area contributed by atoms with Gasteiger partial charge in [0.25, 0.3) is 0 Å². The van der Waals surface area contributed by atoms with Crippen molar-refractivity contribution in [2.24, 2.45) is 5.73 Å². The number of hydrogen-bond donors (Lipinski definition) is 2. The summed E-state index contributed by atoms with van der Waals surface area (Å²) < 4.78 is 11.1. The molecule has 0 spiro atoms. The molecule has 1 unspecified atom stereocenters. The lowest BCUT2D eigenvalue weighted by Gasteiger charge is -2.24. The molecule has 5 rings (SSSR count). The number of allylic oxidation sites excluding steroid dienone is 1. The van der Waals surface area contributed by atoms with Crippen LogP contribution in [0.2, 0.25) is 0 Å². The van der Waals surface area contributed by atoms with E-state index in [0.29, 0.717) is 17.2 Å². The topological polar surface area (TPSA) is 96.9 Å². The molecule has 0 amide bonds. The van der Waals surface area contributed by atoms with Gasteiger partial charge in [-0.3, -0.25) is 5.10 Å². The summed E-state index contributed by atoms with van der Waals surface area (Å²) in [7, 11) is 1.61. The molecule has 6 heteroatoms. The van der Waals surface area contributed by atoms with Gasteiger partial charge in [0.05, 0.1) is 24.3 Å². The Hall–Kier alpha value is -4.24. The number of nitriles is 1. The van der Waals surface area contributed by atoms with Gasteiger partial charge in [-0.05, 0) is 34.5 Å². The van der Waals surface area contributed by atoms with E-state index in [4.69, 9.17) is 15.2 Å². The van der Waals surface area contributed by atoms with Crippen LogP contribution in [0, 0.1) is 11.3 Å². The molecule has 3 N–H and O–H groups in total. The second-order valence-corrected chi connectivity index (χ2v) is 7.08. The Kier molecular flexibility index (Phi) is 4.15. The Morgan fingerprint density at radius 1 is 1.07 bits per heavy atom. The van der Waals surface area contributed by atoms with Crippen molar-refractivity contribution < 1.29 is 9.47 Å². The number of H-pyrrole nitrogens is 1. The number of methoxy groups -OCH3 is 1. The van der Waals surface area contributed by atoms with E-state index in [-0.39, 0.29) is 5.88 Å². The van der Waals surface area contributed by atoms with Gasteiger partial charge in [0, 0.05) is 5.56 Å². The highest BCUT2D eigenvalue weighted by Gasteiger charge is 2.35. The molecule has 0 saturated heterocycles. The number of ether oxygens (including phenoxy) is 2. The third-order valence-corrected chi connectivity index (χ3v) is 5.40. The molecule has 1 aliphatic heterocycles. The maximum atomic E-state index is 9.86. The summed E-state index contributed by atoms with van der Waals surface area (Å²) in [4.78, 5) is 0. The number of hydrogen-bond acceptors (Lipinski definition) is 5. The van der Waals surface area contributed by atoms with E-state index in [2.05, 4.69) is 40.5 Å². The highest BCUT2D eigenvalue weighted by molar-refractivity contribution is 5.87. The molecule has 0 fully saturated rings. The molecule has 0 bridgehead atoms. The molecule has 0 saturated carbocycles. The van der Waals surface area contributed by atoms with Gasteiger partial charge in [-0.1, -0.05) is 48.5 Å². The fourth-order valence-electron chi connectivity index (χ4n) is 3.96. The number of nitrogens with one attached hydrogen (secondary N) is 1. The first-order valence-corrected chi connectivity index (χ1v) is 9.48. The minimum Gasteiger partial charge on any atom is -0.497 e. The van der Waals surface area contributed by atoms with Gasteiger partial charge < -0.3 is 15.2 Å². The van der Waals surface area contributed by atoms with E-state index in [0.717, 1.165) is 33.2 Å². The average Bonchev–Trinajstić information content (AvgIpc) is 3.21. The molecule has 0 aliphatic carbocycles. The molecule has 1 atom stereocenters. The summed E-state index contributed by atoms with van der Waals surface area (Å²) in [5.74, 6) is 0.720. The molecule has 4 aromatic rings. The first-order valence-electron chi connectivity index (χ1n) is 9.48. The van der Waals surface area contributed by atoms with Crippen LogP contribution in [0.4, 0.5) is 0 Å². The Morgan fingerprint density at radius 2 is 1.90 bits per heavy atom. The highest BCUT2D eigenvalue weighted by Crippen LogP contribution is 2.46. The van der Waals surface area contributed by atoms with E-state index in [1.807, 2.05) is 42.5 Å². The van der Waals surface area contributed by atoms with Crippen molar-refractivity contribution in [3.63, 3.8) is 0 Å². The average molecular weight is 394 g/mol. The molecule has 1 aromatic heterocycles. The number of aromatic nitrogens is 2. The third kappa shape index (κ3) is 2.76. The van der Waals surface area contributed by atoms with Crippen LogP contribution in [0.15, 0.2) is 78.2 Å². The fraction of sp³-hybridized carbons (Fsp3) is 0.0833. The van der Waals surface area contributed by atoms with E-state index >= 15 is 0 Å². The number of nitrogens with zero attached hydrogens (tertiary/aromatic N) is 2. The van der Waals surface area contributed by atoms with Crippen molar-refractivity contribution >= 4 is 10.8 Å². The van der Waals surface area contributed by atoms with Crippen LogP contribution < -0.4 is 15.2 Å². The zero-order chi connectivity index (χ0) is 20.7. The van der Waals surface area contributed by atoms with Crippen LogP contribution in [0.1, 0.15) is 17.0 Å². The van der Waals surface area contributed by atoms with E-state index in [1.165, 1.54) is 0 Å². The quantitative estimate of drug-likeness (QED) is 0.535. The van der Waals surface area contributed by atoms with Crippen LogP contribution in [0.25, 0.3) is 22.0 Å². The van der Waals surface area contributed by atoms with Crippen molar-refractivity contribution in [2.45, 2.75) is 5.92 Å². The van der Waals surface area contributed by atoms with Gasteiger partial charge >= 0.3 is 0 Å². The van der Waals surface area contributed by atoms with Crippen molar-refractivity contribution in [1.82, 2.24) is 10.2 Å². The highest BCUT2D eigenvalue weighted by atomic mass is 16.5. The molecular weight excluding hydrogens is 376 g/mol. The minimum absolute atomic E-state index is 0.0642. The molecule has 146 valence electrons. The summed E-state index contributed by atoms with van der Waals surface area (Å²) in [6.45, 7) is 0. The maximum Gasteiger partial charge on any atom is 0.244 e. The van der Waals surface area contributed by atoms with Crippen LogP contribution >= 0.6 is 0 Å². The standard InChI is InChI=1S/C24H18N4O2/c1-29-18-8-4-7-16(12-18)20-19(13-25)23(26)30-24-21(20)22(27-28-24)17-10-9-14-5-2-3-6-15(14)11-17/h2-12,20H,26H2,1H3,(H,27,28). The van der Waals surface area contributed by atoms with Crippen LogP contribution in [0.3, 0.4) is 0 Å². The molecule has 0 radical (unpaired) electrons. The predicted octanol–water partition coefficient (Wildman–Crippen LogP) is 4.46. The largest absolute Gasteiger partial charge is 0.497 e. The fourth-order valence-corrected chi connectivity index (χ4v) is 3.96. The van der Waals surface area contributed by atoms with E-state index < -0.39 is 5.92 Å². The summed E-state index contributed by atoms with van der Waals surface area (Å²) in [5.41, 5.74) is 9.83.